The van der Waals surface area contributed by atoms with Crippen LogP contribution < -0.4 is 13.9 Å². The summed E-state index contributed by atoms with van der Waals surface area (Å²) in [4.78, 5) is 4.83. The summed E-state index contributed by atoms with van der Waals surface area (Å²) in [5.74, 6) is 1.44. The number of ether oxygens (including phenoxy) is 2. The number of methoxy groups -OCH3 is 2. The molecule has 3 heterocycles. The van der Waals surface area contributed by atoms with Gasteiger partial charge in [-0.15, -0.1) is 0 Å². The Morgan fingerprint density at radius 2 is 1.64 bits per heavy atom. The second-order valence-corrected chi connectivity index (χ2v) is 6.72. The lowest BCUT2D eigenvalue weighted by molar-refractivity contribution is -0.510. The molecule has 0 saturated carbocycles. The second-order valence-electron chi connectivity index (χ2n) is 6.72. The summed E-state index contributed by atoms with van der Waals surface area (Å²) in [6, 6.07) is 22.8. The van der Waals surface area contributed by atoms with Crippen LogP contribution in [-0.2, 0) is 0 Å². The maximum Gasteiger partial charge on any atom is 0.257 e. The van der Waals surface area contributed by atoms with E-state index in [0.717, 1.165) is 44.2 Å². The Kier molecular flexibility index (Phi) is 3.83. The third-order valence-corrected chi connectivity index (χ3v) is 5.10. The number of para-hydroxylation sites is 1. The zero-order valence-corrected chi connectivity index (χ0v) is 15.7. The molecule has 0 fully saturated rings. The van der Waals surface area contributed by atoms with E-state index in [2.05, 4.69) is 53.1 Å². The number of hydrogen-bond acceptors (Lipinski definition) is 3. The molecule has 0 aliphatic heterocycles. The zero-order valence-electron chi connectivity index (χ0n) is 15.7. The van der Waals surface area contributed by atoms with E-state index in [1.54, 1.807) is 14.2 Å². The molecule has 0 atom stereocenters. The van der Waals surface area contributed by atoms with E-state index >= 15 is 0 Å². The van der Waals surface area contributed by atoms with Crippen molar-refractivity contribution in [3.63, 3.8) is 0 Å². The van der Waals surface area contributed by atoms with Crippen LogP contribution in [0.4, 0.5) is 0 Å². The lowest BCUT2D eigenvalue weighted by atomic mass is 10.0. The van der Waals surface area contributed by atoms with Gasteiger partial charge in [0, 0.05) is 28.5 Å². The largest absolute Gasteiger partial charge is 0.492 e. The van der Waals surface area contributed by atoms with E-state index in [4.69, 9.17) is 14.5 Å². The fourth-order valence-corrected chi connectivity index (χ4v) is 3.67. The Hall–Kier alpha value is -3.66. The minimum Gasteiger partial charge on any atom is -0.492 e. The Morgan fingerprint density at radius 1 is 0.786 bits per heavy atom. The van der Waals surface area contributed by atoms with Gasteiger partial charge in [-0.1, -0.05) is 30.3 Å². The molecule has 3 aromatic heterocycles. The predicted octanol–water partition coefficient (Wildman–Crippen LogP) is 4.81. The van der Waals surface area contributed by atoms with Crippen LogP contribution in [0.5, 0.6) is 11.5 Å². The van der Waals surface area contributed by atoms with E-state index in [0.29, 0.717) is 5.75 Å². The van der Waals surface area contributed by atoms with Crippen LogP contribution in [0, 0.1) is 0 Å². The number of fused-ring (bicyclic) bond motifs is 3. The van der Waals surface area contributed by atoms with Crippen molar-refractivity contribution in [2.24, 2.45) is 0 Å². The van der Waals surface area contributed by atoms with Gasteiger partial charge in [0.15, 0.2) is 18.1 Å². The van der Waals surface area contributed by atoms with Crippen molar-refractivity contribution in [2.75, 3.05) is 14.2 Å². The predicted molar refractivity (Wildman–Crippen MR) is 111 cm³/mol. The highest BCUT2D eigenvalue weighted by atomic mass is 16.5. The molecule has 4 nitrogen and oxygen atoms in total. The Balaban J connectivity index is 1.71. The summed E-state index contributed by atoms with van der Waals surface area (Å²) in [5.41, 5.74) is 4.01. The van der Waals surface area contributed by atoms with Crippen molar-refractivity contribution >= 4 is 27.2 Å². The molecule has 0 bridgehead atoms. The van der Waals surface area contributed by atoms with Gasteiger partial charge in [0.1, 0.15) is 0 Å². The standard InChI is InChI=1S/C24H19N2O2/c1-27-23-11-12-26-15-18-8-7-17(13-19(18)14-22(26)24(23)28-2)21-10-9-16-5-3-4-6-20(16)25-21/h3-15H,1-2H3/q+1. The summed E-state index contributed by atoms with van der Waals surface area (Å²) >= 11 is 0. The molecule has 5 aromatic rings. The van der Waals surface area contributed by atoms with Crippen molar-refractivity contribution in [3.05, 3.63) is 79.1 Å². The molecule has 0 spiro atoms. The van der Waals surface area contributed by atoms with Crippen molar-refractivity contribution in [1.82, 2.24) is 4.98 Å². The van der Waals surface area contributed by atoms with E-state index in [9.17, 15) is 0 Å². The van der Waals surface area contributed by atoms with Crippen LogP contribution in [0.25, 0.3) is 38.4 Å². The highest BCUT2D eigenvalue weighted by molar-refractivity contribution is 5.90. The van der Waals surface area contributed by atoms with E-state index in [1.165, 1.54) is 0 Å². The minimum absolute atomic E-state index is 0.717. The van der Waals surface area contributed by atoms with Gasteiger partial charge in [-0.3, -0.25) is 0 Å². The van der Waals surface area contributed by atoms with Crippen LogP contribution in [0.1, 0.15) is 0 Å². The molecular weight excluding hydrogens is 348 g/mol. The van der Waals surface area contributed by atoms with Crippen LogP contribution >= 0.6 is 0 Å². The van der Waals surface area contributed by atoms with Gasteiger partial charge < -0.3 is 9.47 Å². The monoisotopic (exact) mass is 367 g/mol. The lowest BCUT2D eigenvalue weighted by Crippen LogP contribution is -2.21. The number of aromatic nitrogens is 2. The smallest absolute Gasteiger partial charge is 0.257 e. The van der Waals surface area contributed by atoms with E-state index < -0.39 is 0 Å². The average molecular weight is 367 g/mol. The summed E-state index contributed by atoms with van der Waals surface area (Å²) in [5, 5.41) is 3.42. The van der Waals surface area contributed by atoms with Crippen molar-refractivity contribution < 1.29 is 13.9 Å². The van der Waals surface area contributed by atoms with Gasteiger partial charge in [0.25, 0.3) is 5.52 Å². The number of pyridine rings is 3. The van der Waals surface area contributed by atoms with Gasteiger partial charge in [-0.25, -0.2) is 4.98 Å². The van der Waals surface area contributed by atoms with Gasteiger partial charge in [-0.2, -0.15) is 4.40 Å². The Bertz CT molecular complexity index is 1350. The highest BCUT2D eigenvalue weighted by Crippen LogP contribution is 2.31. The molecule has 0 aliphatic rings. The molecule has 2 aromatic carbocycles. The highest BCUT2D eigenvalue weighted by Gasteiger charge is 2.17. The van der Waals surface area contributed by atoms with Crippen LogP contribution in [-0.4, -0.2) is 19.2 Å². The number of benzene rings is 2. The first-order valence-electron chi connectivity index (χ1n) is 9.13. The molecule has 28 heavy (non-hydrogen) atoms. The average Bonchev–Trinajstić information content (AvgIpc) is 2.76. The third kappa shape index (κ3) is 2.62. The topological polar surface area (TPSA) is 35.5 Å². The van der Waals surface area contributed by atoms with Crippen molar-refractivity contribution in [2.45, 2.75) is 0 Å². The zero-order chi connectivity index (χ0) is 19.1. The number of hydrogen-bond donors (Lipinski definition) is 0. The quantitative estimate of drug-likeness (QED) is 0.339. The van der Waals surface area contributed by atoms with Gasteiger partial charge >= 0.3 is 0 Å². The summed E-state index contributed by atoms with van der Waals surface area (Å²) in [6.07, 6.45) is 4.08. The van der Waals surface area contributed by atoms with Crippen LogP contribution in [0.15, 0.2) is 79.1 Å². The molecule has 0 N–H and O–H groups in total. The molecule has 4 heteroatoms. The minimum atomic E-state index is 0.717. The number of nitrogens with zero attached hydrogens (tertiary/aromatic N) is 2. The van der Waals surface area contributed by atoms with Gasteiger partial charge in [0.2, 0.25) is 5.75 Å². The fraction of sp³-hybridized carbons (Fsp3) is 0.0833. The summed E-state index contributed by atoms with van der Waals surface area (Å²) in [6.45, 7) is 0. The molecule has 136 valence electrons. The molecule has 0 radical (unpaired) electrons. The molecule has 0 amide bonds. The van der Waals surface area contributed by atoms with E-state index in [1.807, 2.05) is 30.5 Å². The molecule has 0 unspecified atom stereocenters. The second kappa shape index (κ2) is 6.50. The number of rotatable bonds is 3. The first-order chi connectivity index (χ1) is 13.8. The maximum atomic E-state index is 5.60. The van der Waals surface area contributed by atoms with Gasteiger partial charge in [0.05, 0.1) is 25.4 Å². The lowest BCUT2D eigenvalue weighted by Gasteiger charge is -2.08. The van der Waals surface area contributed by atoms with Crippen molar-refractivity contribution in [1.29, 1.82) is 0 Å². The Labute approximate surface area is 162 Å². The summed E-state index contributed by atoms with van der Waals surface area (Å²) in [7, 11) is 3.32. The third-order valence-electron chi connectivity index (χ3n) is 5.10. The van der Waals surface area contributed by atoms with E-state index in [-0.39, 0.29) is 0 Å². The SMILES string of the molecule is COc1cc[n+]2cc3ccc(-c4ccc5ccccc5n4)cc3cc2c1OC. The molecule has 0 saturated heterocycles. The van der Waals surface area contributed by atoms with Crippen molar-refractivity contribution in [3.8, 4) is 22.8 Å². The van der Waals surface area contributed by atoms with Crippen LogP contribution in [0.2, 0.25) is 0 Å². The maximum absolute atomic E-state index is 5.60. The molecular formula is C24H19N2O2+. The first-order valence-corrected chi connectivity index (χ1v) is 9.13. The van der Waals surface area contributed by atoms with Crippen LogP contribution in [0.3, 0.4) is 0 Å². The van der Waals surface area contributed by atoms with Gasteiger partial charge in [-0.05, 0) is 29.7 Å². The normalized spacial score (nSPS) is 11.2. The molecule has 0 aliphatic carbocycles. The molecule has 5 rings (SSSR count). The summed E-state index contributed by atoms with van der Waals surface area (Å²) < 4.78 is 13.1. The first kappa shape index (κ1) is 16.5. The fourth-order valence-electron chi connectivity index (χ4n) is 3.67. The Morgan fingerprint density at radius 3 is 2.50 bits per heavy atom.